The molecule has 678 valence electrons. The summed E-state index contributed by atoms with van der Waals surface area (Å²) in [5.74, 6) is 1.68. The minimum Gasteiger partial charge on any atom is -0.494 e. The summed E-state index contributed by atoms with van der Waals surface area (Å²) in [6, 6.07) is 165. The quantitative estimate of drug-likeness (QED) is 0.0487. The summed E-state index contributed by atoms with van der Waals surface area (Å²) in [6.07, 6.45) is 5.18. The first-order valence-corrected chi connectivity index (χ1v) is 49.1. The molecule has 0 fully saturated rings. The van der Waals surface area contributed by atoms with Gasteiger partial charge in [0.2, 0.25) is 0 Å². The lowest BCUT2D eigenvalue weighted by Gasteiger charge is -2.34. The van der Waals surface area contributed by atoms with E-state index in [2.05, 4.69) is 471 Å². The highest BCUT2D eigenvalue weighted by molar-refractivity contribution is 6.13. The Kier molecular flexibility index (Phi) is 21.6. The Bertz CT molecular complexity index is 8120. The molecule has 20 aromatic carbocycles. The summed E-state index contributed by atoms with van der Waals surface area (Å²) in [7, 11) is 0. The van der Waals surface area contributed by atoms with Crippen molar-refractivity contribution in [3.05, 3.63) is 540 Å². The molecule has 0 bridgehead atoms. The number of fused-ring (bicyclic) bond motifs is 17. The van der Waals surface area contributed by atoms with Gasteiger partial charge in [0.15, 0.2) is 0 Å². The molecule has 3 aliphatic rings. The highest BCUT2D eigenvalue weighted by atomic mass is 16.5. The van der Waals surface area contributed by atoms with Gasteiger partial charge in [0.25, 0.3) is 0 Å². The molecule has 0 amide bonds. The van der Waals surface area contributed by atoms with E-state index in [1.54, 1.807) is 0 Å². The Balaban J connectivity index is 0.448. The Morgan fingerprint density at radius 2 is 0.596 bits per heavy atom. The molecule has 25 rings (SSSR count). The van der Waals surface area contributed by atoms with Crippen LogP contribution in [-0.2, 0) is 52.1 Å². The molecule has 22 aromatic rings. The van der Waals surface area contributed by atoms with Crippen molar-refractivity contribution in [2.75, 3.05) is 23.0 Å². The molecule has 0 spiro atoms. The first kappa shape index (κ1) is 85.8. The van der Waals surface area contributed by atoms with Crippen LogP contribution < -0.4 is 19.3 Å². The second-order valence-corrected chi connectivity index (χ2v) is 38.3. The Morgan fingerprint density at radius 1 is 0.262 bits per heavy atom. The van der Waals surface area contributed by atoms with E-state index in [0.29, 0.717) is 39.6 Å². The van der Waals surface area contributed by atoms with Gasteiger partial charge in [0.1, 0.15) is 11.5 Å². The molecule has 8 heteroatoms. The SMILES string of the molecule is C=Cc1ccc(OCCC2(c3ccccc3)c3ccccc3-c3ccc(N(c4ccc5c(c4)c4ccccc4n5-c4ccc(COCc5ccc6c(c5)C(C)(C)c5cc(COCc7ccc(-n8c9ccccc9c9cc(N(c%10ccc%11c(c%10)C(CCOc%10ccc(C=C)cc%10)(c%10ccccc%10)c%10ccccc%10-%11)c%10cccc%11ccccc%10%11)ccc98)cc7)ccc5-6)cc4)c4cccc5ccccc45)cc32)cc1. The van der Waals surface area contributed by atoms with Gasteiger partial charge in [-0.25, -0.2) is 0 Å². The smallest absolute Gasteiger partial charge is 0.119 e. The van der Waals surface area contributed by atoms with E-state index >= 15 is 0 Å². The van der Waals surface area contributed by atoms with Gasteiger partial charge in [-0.1, -0.05) is 355 Å². The largest absolute Gasteiger partial charge is 0.494 e. The van der Waals surface area contributed by atoms with Gasteiger partial charge in [0.05, 0.1) is 73.1 Å². The van der Waals surface area contributed by atoms with Crippen LogP contribution in [-0.4, -0.2) is 22.3 Å². The first-order valence-electron chi connectivity index (χ1n) is 49.1. The lowest BCUT2D eigenvalue weighted by Crippen LogP contribution is -2.29. The van der Waals surface area contributed by atoms with Gasteiger partial charge in [-0.2, -0.15) is 0 Å². The number of anilines is 6. The van der Waals surface area contributed by atoms with Gasteiger partial charge < -0.3 is 37.9 Å². The molecule has 141 heavy (non-hydrogen) atoms. The highest BCUT2D eigenvalue weighted by Crippen LogP contribution is 2.60. The molecule has 0 radical (unpaired) electrons. The Labute approximate surface area is 822 Å². The summed E-state index contributed by atoms with van der Waals surface area (Å²) in [4.78, 5) is 4.96. The van der Waals surface area contributed by atoms with E-state index in [1.165, 1.54) is 121 Å². The second kappa shape index (κ2) is 35.6. The molecule has 2 unspecified atom stereocenters. The predicted molar refractivity (Wildman–Crippen MR) is 584 cm³/mol. The summed E-state index contributed by atoms with van der Waals surface area (Å²) < 4.78 is 31.5. The van der Waals surface area contributed by atoms with E-state index in [4.69, 9.17) is 18.9 Å². The number of nitrogens with zero attached hydrogens (tertiary/aromatic N) is 4. The van der Waals surface area contributed by atoms with Crippen molar-refractivity contribution < 1.29 is 18.9 Å². The number of hydrogen-bond acceptors (Lipinski definition) is 6. The van der Waals surface area contributed by atoms with E-state index in [1.807, 2.05) is 36.4 Å². The van der Waals surface area contributed by atoms with Crippen molar-refractivity contribution in [3.8, 4) is 56.3 Å². The zero-order valence-electron chi connectivity index (χ0n) is 78.9. The van der Waals surface area contributed by atoms with Crippen LogP contribution in [0.3, 0.4) is 0 Å². The maximum atomic E-state index is 6.69. The summed E-state index contributed by atoms with van der Waals surface area (Å²) in [6.45, 7) is 15.6. The zero-order valence-corrected chi connectivity index (χ0v) is 78.9. The van der Waals surface area contributed by atoms with Gasteiger partial charge in [-0.3, -0.25) is 0 Å². The molecule has 0 saturated carbocycles. The number of rotatable bonds is 28. The highest BCUT2D eigenvalue weighted by Gasteiger charge is 2.47. The molecule has 2 heterocycles. The maximum absolute atomic E-state index is 6.69. The minimum atomic E-state index is -0.515. The average molecular weight is 1820 g/mol. The fourth-order valence-corrected chi connectivity index (χ4v) is 23.4. The van der Waals surface area contributed by atoms with Crippen LogP contribution in [0.2, 0.25) is 0 Å². The van der Waals surface area contributed by atoms with Crippen molar-refractivity contribution in [2.24, 2.45) is 0 Å². The molecule has 2 atom stereocenters. The van der Waals surface area contributed by atoms with Crippen LogP contribution in [0.4, 0.5) is 34.1 Å². The van der Waals surface area contributed by atoms with Gasteiger partial charge in [-0.05, 0) is 268 Å². The lowest BCUT2D eigenvalue weighted by atomic mass is 9.70. The third-order valence-corrected chi connectivity index (χ3v) is 30.2. The van der Waals surface area contributed by atoms with Crippen molar-refractivity contribution >= 4 is 111 Å². The molecule has 3 aliphatic carbocycles. The van der Waals surface area contributed by atoms with Crippen molar-refractivity contribution in [3.63, 3.8) is 0 Å². The number of hydrogen-bond donors (Lipinski definition) is 0. The number of para-hydroxylation sites is 2. The van der Waals surface area contributed by atoms with Gasteiger partial charge in [-0.15, -0.1) is 0 Å². The fraction of sp³-hybridized carbons (Fsp3) is 0.0977. The van der Waals surface area contributed by atoms with E-state index in [9.17, 15) is 0 Å². The second-order valence-electron chi connectivity index (χ2n) is 38.3. The normalized spacial score (nSPS) is 14.6. The van der Waals surface area contributed by atoms with Crippen LogP contribution in [0, 0.1) is 0 Å². The van der Waals surface area contributed by atoms with Crippen molar-refractivity contribution in [2.45, 2.75) is 69.4 Å². The summed E-state index contributed by atoms with van der Waals surface area (Å²) >= 11 is 0. The third-order valence-electron chi connectivity index (χ3n) is 30.2. The predicted octanol–water partition coefficient (Wildman–Crippen LogP) is 33.7. The van der Waals surface area contributed by atoms with Crippen molar-refractivity contribution in [1.29, 1.82) is 0 Å². The van der Waals surface area contributed by atoms with Crippen LogP contribution in [0.25, 0.3) is 122 Å². The first-order chi connectivity index (χ1) is 69.5. The monoisotopic (exact) mass is 1820 g/mol. The summed E-state index contributed by atoms with van der Waals surface area (Å²) in [5.41, 5.74) is 36.3. The summed E-state index contributed by atoms with van der Waals surface area (Å²) in [5, 5.41) is 9.40. The Hall–Kier alpha value is -16.9. The molecular weight excluding hydrogens is 1720 g/mol. The van der Waals surface area contributed by atoms with Crippen LogP contribution in [0.1, 0.15) is 105 Å². The van der Waals surface area contributed by atoms with Gasteiger partial charge >= 0.3 is 0 Å². The molecule has 0 N–H and O–H groups in total. The number of aromatic nitrogens is 2. The third kappa shape index (κ3) is 14.8. The van der Waals surface area contributed by atoms with Crippen molar-refractivity contribution in [1.82, 2.24) is 9.13 Å². The van der Waals surface area contributed by atoms with Crippen LogP contribution in [0.15, 0.2) is 462 Å². The topological polar surface area (TPSA) is 53.3 Å². The molecule has 0 aliphatic heterocycles. The number of benzene rings is 20. The standard InChI is InChI=1S/C133H102N4O4/c1-5-89-51-65-105(66-52-89)140-77-75-132(97-31-9-7-10-32-97)119-41-21-17-37-109(119)113-71-61-103(83-123(113)132)134(125-45-25-29-95-27-13-15-35-107(95)125)101-63-73-129-117(81-101)115-39-19-23-43-127(115)136(129)99-57-47-91(48-58-99)85-138-87-93-55-69-111-112-70-56-94(80-122(112)131(3,4)121(111)79-93)88-139-86-92-49-59-100(60-50-92)137-128-44-24-20-40-116(128)118-82-102(64-74-130(118)137)135(126-46-26-30-96-28-14-16-36-108(96)126)104-62-72-114-110-38-18-22-42-120(110)133(124(114)84-104,98-33-11-8-12-34-98)76-78-141-106-67-53-90(6-2)54-68-106/h5-74,79-84H,1-2,75-78,85-88H2,3-4H3. The van der Waals surface area contributed by atoms with E-state index in [-0.39, 0.29) is 5.41 Å². The molecule has 0 saturated heterocycles. The van der Waals surface area contributed by atoms with Crippen LogP contribution >= 0.6 is 0 Å². The minimum absolute atomic E-state index is 0.232. The Morgan fingerprint density at radius 3 is 1.03 bits per heavy atom. The maximum Gasteiger partial charge on any atom is 0.119 e. The lowest BCUT2D eigenvalue weighted by molar-refractivity contribution is 0.107. The molecular formula is C133H102N4O4. The van der Waals surface area contributed by atoms with E-state index < -0.39 is 10.8 Å². The van der Waals surface area contributed by atoms with E-state index in [0.717, 1.165) is 125 Å². The van der Waals surface area contributed by atoms with Gasteiger partial charge in [0, 0.05) is 82.7 Å². The molecule has 8 nitrogen and oxygen atoms in total. The number of ether oxygens (including phenoxy) is 4. The molecule has 2 aromatic heterocycles. The average Bonchev–Trinajstić information content (AvgIpc) is 1.55. The zero-order chi connectivity index (χ0) is 94.3. The van der Waals surface area contributed by atoms with Crippen LogP contribution in [0.5, 0.6) is 11.5 Å². The fourth-order valence-electron chi connectivity index (χ4n) is 23.4.